The number of anilines is 1. The highest BCUT2D eigenvalue weighted by Crippen LogP contribution is 2.30. The van der Waals surface area contributed by atoms with Crippen LogP contribution in [0.2, 0.25) is 0 Å². The first-order valence-electron chi connectivity index (χ1n) is 6.17. The summed E-state index contributed by atoms with van der Waals surface area (Å²) in [6.07, 6.45) is 4.32. The van der Waals surface area contributed by atoms with Gasteiger partial charge in [0, 0.05) is 25.7 Å². The molecule has 2 aliphatic rings. The number of nitrogens with zero attached hydrogens (tertiary/aromatic N) is 3. The molecule has 2 saturated heterocycles. The molecule has 6 heteroatoms. The fourth-order valence-electron chi connectivity index (χ4n) is 2.83. The van der Waals surface area contributed by atoms with Crippen LogP contribution in [0.25, 0.3) is 0 Å². The number of methoxy groups -OCH3 is 1. The summed E-state index contributed by atoms with van der Waals surface area (Å²) in [6, 6.07) is 0.479. The van der Waals surface area contributed by atoms with Crippen LogP contribution in [-0.4, -0.2) is 48.7 Å². The van der Waals surface area contributed by atoms with Crippen LogP contribution in [0.15, 0.2) is 12.4 Å². The van der Waals surface area contributed by atoms with Gasteiger partial charge in [0.2, 0.25) is 0 Å². The maximum atomic E-state index is 11.5. The van der Waals surface area contributed by atoms with E-state index in [1.165, 1.54) is 19.7 Å². The Morgan fingerprint density at radius 1 is 1.50 bits per heavy atom. The van der Waals surface area contributed by atoms with Gasteiger partial charge < -0.3 is 15.0 Å². The van der Waals surface area contributed by atoms with E-state index in [0.717, 1.165) is 25.5 Å². The maximum Gasteiger partial charge on any atom is 0.358 e. The molecule has 2 aliphatic heterocycles. The van der Waals surface area contributed by atoms with Crippen LogP contribution >= 0.6 is 0 Å². The van der Waals surface area contributed by atoms with Crippen molar-refractivity contribution in [2.24, 2.45) is 5.92 Å². The van der Waals surface area contributed by atoms with E-state index in [-0.39, 0.29) is 5.69 Å². The molecule has 0 saturated carbocycles. The lowest BCUT2D eigenvalue weighted by molar-refractivity contribution is 0.0593. The molecule has 0 aromatic carbocycles. The molecule has 3 rings (SSSR count). The van der Waals surface area contributed by atoms with E-state index in [2.05, 4.69) is 24.9 Å². The van der Waals surface area contributed by atoms with Crippen molar-refractivity contribution < 1.29 is 9.53 Å². The van der Waals surface area contributed by atoms with Gasteiger partial charge in [-0.05, 0) is 12.3 Å². The number of aromatic nitrogens is 2. The number of carbonyl (C=O) groups is 1. The molecule has 2 atom stereocenters. The van der Waals surface area contributed by atoms with Gasteiger partial charge in [0.15, 0.2) is 5.69 Å². The lowest BCUT2D eigenvalue weighted by atomic mass is 10.1. The summed E-state index contributed by atoms with van der Waals surface area (Å²) < 4.78 is 4.67. The van der Waals surface area contributed by atoms with E-state index in [0.29, 0.717) is 12.0 Å². The summed E-state index contributed by atoms with van der Waals surface area (Å²) in [4.78, 5) is 22.1. The number of rotatable bonds is 2. The Balaban J connectivity index is 1.86. The summed E-state index contributed by atoms with van der Waals surface area (Å²) in [7, 11) is 1.35. The van der Waals surface area contributed by atoms with Crippen LogP contribution in [-0.2, 0) is 4.74 Å². The lowest BCUT2D eigenvalue weighted by Crippen LogP contribution is -2.35. The van der Waals surface area contributed by atoms with Crippen molar-refractivity contribution in [3.05, 3.63) is 18.1 Å². The minimum atomic E-state index is -0.440. The summed E-state index contributed by atoms with van der Waals surface area (Å²) >= 11 is 0. The number of fused-ring (bicyclic) bond motifs is 1. The third-order valence-electron chi connectivity index (χ3n) is 3.76. The molecule has 18 heavy (non-hydrogen) atoms. The first-order valence-corrected chi connectivity index (χ1v) is 6.17. The highest BCUT2D eigenvalue weighted by molar-refractivity contribution is 5.87. The number of hydrogen-bond donors (Lipinski definition) is 1. The predicted molar refractivity (Wildman–Crippen MR) is 65.5 cm³/mol. The summed E-state index contributed by atoms with van der Waals surface area (Å²) in [5, 5.41) is 3.39. The van der Waals surface area contributed by atoms with E-state index in [1.807, 2.05) is 0 Å². The maximum absolute atomic E-state index is 11.5. The van der Waals surface area contributed by atoms with Crippen molar-refractivity contribution in [1.82, 2.24) is 15.3 Å². The minimum absolute atomic E-state index is 0.268. The van der Waals surface area contributed by atoms with Gasteiger partial charge in [-0.3, -0.25) is 4.98 Å². The molecule has 0 radical (unpaired) electrons. The van der Waals surface area contributed by atoms with Gasteiger partial charge >= 0.3 is 5.97 Å². The van der Waals surface area contributed by atoms with Gasteiger partial charge in [0.05, 0.1) is 19.5 Å². The van der Waals surface area contributed by atoms with E-state index in [1.54, 1.807) is 6.20 Å². The molecule has 3 heterocycles. The highest BCUT2D eigenvalue weighted by Gasteiger charge is 2.38. The number of ether oxygens (including phenoxy) is 1. The second-order valence-corrected chi connectivity index (χ2v) is 4.72. The largest absolute Gasteiger partial charge is 0.464 e. The zero-order chi connectivity index (χ0) is 12.5. The Hall–Kier alpha value is -1.69. The molecule has 0 aliphatic carbocycles. The first-order chi connectivity index (χ1) is 8.79. The van der Waals surface area contributed by atoms with Crippen molar-refractivity contribution in [2.45, 2.75) is 12.5 Å². The lowest BCUT2D eigenvalue weighted by Gasteiger charge is -2.24. The van der Waals surface area contributed by atoms with Gasteiger partial charge in [-0.2, -0.15) is 0 Å². The molecule has 0 amide bonds. The highest BCUT2D eigenvalue weighted by atomic mass is 16.5. The molecule has 6 nitrogen and oxygen atoms in total. The second-order valence-electron chi connectivity index (χ2n) is 4.72. The summed E-state index contributed by atoms with van der Waals surface area (Å²) in [5.74, 6) is 1.02. The summed E-state index contributed by atoms with van der Waals surface area (Å²) in [5.41, 5.74) is 0.268. The zero-order valence-electron chi connectivity index (χ0n) is 10.3. The minimum Gasteiger partial charge on any atom is -0.464 e. The molecule has 1 N–H and O–H groups in total. The smallest absolute Gasteiger partial charge is 0.358 e. The average molecular weight is 248 g/mol. The molecule has 0 spiro atoms. The van der Waals surface area contributed by atoms with Crippen molar-refractivity contribution >= 4 is 11.8 Å². The van der Waals surface area contributed by atoms with E-state index in [9.17, 15) is 4.79 Å². The van der Waals surface area contributed by atoms with Crippen LogP contribution in [0.5, 0.6) is 0 Å². The fraction of sp³-hybridized carbons (Fsp3) is 0.583. The third kappa shape index (κ3) is 1.82. The van der Waals surface area contributed by atoms with Crippen LogP contribution in [0.3, 0.4) is 0 Å². The Bertz CT molecular complexity index is 465. The molecule has 96 valence electrons. The van der Waals surface area contributed by atoms with Crippen LogP contribution < -0.4 is 10.2 Å². The van der Waals surface area contributed by atoms with Crippen LogP contribution in [0, 0.1) is 5.92 Å². The number of hydrogen-bond acceptors (Lipinski definition) is 6. The van der Waals surface area contributed by atoms with Crippen molar-refractivity contribution in [1.29, 1.82) is 0 Å². The average Bonchev–Trinajstić information content (AvgIpc) is 3.00. The molecule has 0 bridgehead atoms. The molecular weight excluding hydrogens is 232 g/mol. The Kier molecular flexibility index (Phi) is 2.87. The fourth-order valence-corrected chi connectivity index (χ4v) is 2.83. The van der Waals surface area contributed by atoms with Gasteiger partial charge in [-0.1, -0.05) is 0 Å². The number of carbonyl (C=O) groups excluding carboxylic acids is 1. The van der Waals surface area contributed by atoms with Crippen LogP contribution in [0.1, 0.15) is 16.9 Å². The van der Waals surface area contributed by atoms with E-state index >= 15 is 0 Å². The third-order valence-corrected chi connectivity index (χ3v) is 3.76. The quantitative estimate of drug-likeness (QED) is 0.747. The van der Waals surface area contributed by atoms with Gasteiger partial charge in [0.25, 0.3) is 0 Å². The second kappa shape index (κ2) is 4.53. The summed E-state index contributed by atoms with van der Waals surface area (Å²) in [6.45, 7) is 3.04. The van der Waals surface area contributed by atoms with E-state index in [4.69, 9.17) is 0 Å². The molecule has 1 aromatic rings. The zero-order valence-corrected chi connectivity index (χ0v) is 10.3. The standard InChI is InChI=1S/C12H16N4O2/c1-18-12(17)9-5-14-7-11(15-9)16-3-2-8-4-13-6-10(8)16/h5,7-8,10,13H,2-4,6H2,1H3/t8-,10+/m0/s1. The molecule has 2 fully saturated rings. The number of nitrogens with one attached hydrogen (secondary N) is 1. The SMILES string of the molecule is COC(=O)c1cncc(N2CC[C@H]3CNC[C@H]32)n1. The topological polar surface area (TPSA) is 67.3 Å². The van der Waals surface area contributed by atoms with Crippen molar-refractivity contribution in [2.75, 3.05) is 31.6 Å². The molecular formula is C12H16N4O2. The van der Waals surface area contributed by atoms with Gasteiger partial charge in [-0.15, -0.1) is 0 Å². The normalized spacial score (nSPS) is 26.2. The Morgan fingerprint density at radius 2 is 2.39 bits per heavy atom. The monoisotopic (exact) mass is 248 g/mol. The molecule has 0 unspecified atom stereocenters. The Labute approximate surface area is 105 Å². The van der Waals surface area contributed by atoms with Gasteiger partial charge in [-0.25, -0.2) is 9.78 Å². The van der Waals surface area contributed by atoms with Gasteiger partial charge in [0.1, 0.15) is 5.82 Å². The Morgan fingerprint density at radius 3 is 3.22 bits per heavy atom. The van der Waals surface area contributed by atoms with Crippen molar-refractivity contribution in [3.63, 3.8) is 0 Å². The first kappa shape index (κ1) is 11.4. The van der Waals surface area contributed by atoms with Crippen molar-refractivity contribution in [3.8, 4) is 0 Å². The van der Waals surface area contributed by atoms with E-state index < -0.39 is 5.97 Å². The predicted octanol–water partition coefficient (Wildman–Crippen LogP) is 0.0613. The van der Waals surface area contributed by atoms with Crippen LogP contribution in [0.4, 0.5) is 5.82 Å². The number of esters is 1. The molecule has 1 aromatic heterocycles.